The molecule has 1 aromatic heterocycles. The summed E-state index contributed by atoms with van der Waals surface area (Å²) < 4.78 is 28.0. The first kappa shape index (κ1) is 18.8. The van der Waals surface area contributed by atoms with E-state index in [4.69, 9.17) is 5.84 Å². The lowest BCUT2D eigenvalue weighted by Crippen LogP contribution is -2.28. The molecule has 0 unspecified atom stereocenters. The van der Waals surface area contributed by atoms with Gasteiger partial charge in [-0.3, -0.25) is 4.79 Å². The standard InChI is InChI=1S/C18H17F2N5OS/c1-11(12-6-8-13(19)9-7-12)22-16(26)10-27-18-24-23-17(25(18)21)14-4-2-3-5-15(14)20/h2-9,11H,10,21H2,1H3,(H,22,26)/t11-/m0/s1. The first-order chi connectivity index (χ1) is 13.0. The Morgan fingerprint density at radius 3 is 2.59 bits per heavy atom. The summed E-state index contributed by atoms with van der Waals surface area (Å²) in [7, 11) is 0. The molecule has 6 nitrogen and oxygen atoms in total. The van der Waals surface area contributed by atoms with Crippen molar-refractivity contribution in [2.45, 2.75) is 18.1 Å². The summed E-state index contributed by atoms with van der Waals surface area (Å²) in [5.74, 6) is 5.13. The number of hydrogen-bond acceptors (Lipinski definition) is 5. The molecule has 9 heteroatoms. The van der Waals surface area contributed by atoms with Crippen LogP contribution in [0.15, 0.2) is 53.7 Å². The van der Waals surface area contributed by atoms with Gasteiger partial charge < -0.3 is 11.2 Å². The molecule has 0 bridgehead atoms. The van der Waals surface area contributed by atoms with Crippen LogP contribution in [0.2, 0.25) is 0 Å². The number of carbonyl (C=O) groups is 1. The zero-order valence-electron chi connectivity index (χ0n) is 14.4. The monoisotopic (exact) mass is 389 g/mol. The van der Waals surface area contributed by atoms with E-state index in [2.05, 4.69) is 15.5 Å². The third-order valence-electron chi connectivity index (χ3n) is 3.86. The molecule has 0 radical (unpaired) electrons. The van der Waals surface area contributed by atoms with E-state index in [0.29, 0.717) is 0 Å². The molecular weight excluding hydrogens is 372 g/mol. The van der Waals surface area contributed by atoms with Crippen LogP contribution >= 0.6 is 11.8 Å². The summed E-state index contributed by atoms with van der Waals surface area (Å²) in [4.78, 5) is 12.1. The van der Waals surface area contributed by atoms with Gasteiger partial charge in [0.1, 0.15) is 11.6 Å². The van der Waals surface area contributed by atoms with Crippen LogP contribution in [0, 0.1) is 11.6 Å². The average Bonchev–Trinajstić information content (AvgIpc) is 3.01. The molecular formula is C18H17F2N5OS. The van der Waals surface area contributed by atoms with Crippen molar-refractivity contribution in [3.63, 3.8) is 0 Å². The van der Waals surface area contributed by atoms with Gasteiger partial charge in [0.25, 0.3) is 0 Å². The third kappa shape index (κ3) is 4.43. The van der Waals surface area contributed by atoms with Crippen molar-refractivity contribution >= 4 is 17.7 Å². The van der Waals surface area contributed by atoms with Crippen LogP contribution in [0.3, 0.4) is 0 Å². The summed E-state index contributed by atoms with van der Waals surface area (Å²) in [6.07, 6.45) is 0. The minimum absolute atomic E-state index is 0.0537. The highest BCUT2D eigenvalue weighted by atomic mass is 32.2. The first-order valence-electron chi connectivity index (χ1n) is 8.08. The maximum Gasteiger partial charge on any atom is 0.230 e. The molecule has 0 saturated heterocycles. The number of carbonyl (C=O) groups excluding carboxylic acids is 1. The first-order valence-corrected chi connectivity index (χ1v) is 9.07. The molecule has 3 N–H and O–H groups in total. The normalized spacial score (nSPS) is 12.0. The number of hydrogen-bond donors (Lipinski definition) is 2. The Balaban J connectivity index is 1.61. The summed E-state index contributed by atoms with van der Waals surface area (Å²) in [6, 6.07) is 11.7. The molecule has 3 aromatic rings. The van der Waals surface area contributed by atoms with E-state index in [1.165, 1.54) is 18.2 Å². The number of halogens is 2. The van der Waals surface area contributed by atoms with Crippen molar-refractivity contribution in [1.82, 2.24) is 20.2 Å². The van der Waals surface area contributed by atoms with E-state index in [1.54, 1.807) is 37.3 Å². The minimum atomic E-state index is -0.459. The minimum Gasteiger partial charge on any atom is -0.349 e. The van der Waals surface area contributed by atoms with Crippen LogP contribution in [-0.2, 0) is 4.79 Å². The number of nitrogens with zero attached hydrogens (tertiary/aromatic N) is 3. The number of rotatable bonds is 6. The lowest BCUT2D eigenvalue weighted by atomic mass is 10.1. The van der Waals surface area contributed by atoms with Gasteiger partial charge in [0, 0.05) is 0 Å². The van der Waals surface area contributed by atoms with Crippen LogP contribution in [0.4, 0.5) is 8.78 Å². The molecule has 2 aromatic carbocycles. The van der Waals surface area contributed by atoms with Crippen LogP contribution in [0.25, 0.3) is 11.4 Å². The number of aromatic nitrogens is 3. The lowest BCUT2D eigenvalue weighted by molar-refractivity contribution is -0.119. The van der Waals surface area contributed by atoms with Gasteiger partial charge in [-0.05, 0) is 36.8 Å². The molecule has 1 atom stereocenters. The largest absolute Gasteiger partial charge is 0.349 e. The maximum atomic E-state index is 13.9. The molecule has 0 aliphatic heterocycles. The fourth-order valence-electron chi connectivity index (χ4n) is 2.45. The number of benzene rings is 2. The van der Waals surface area contributed by atoms with Gasteiger partial charge in [-0.2, -0.15) is 0 Å². The average molecular weight is 389 g/mol. The summed E-state index contributed by atoms with van der Waals surface area (Å²) in [5, 5.41) is 10.9. The van der Waals surface area contributed by atoms with Crippen LogP contribution in [-0.4, -0.2) is 26.5 Å². The number of thioether (sulfide) groups is 1. The maximum absolute atomic E-state index is 13.9. The number of nitrogens with one attached hydrogen (secondary N) is 1. The summed E-state index contributed by atoms with van der Waals surface area (Å²) in [6.45, 7) is 1.80. The highest BCUT2D eigenvalue weighted by Gasteiger charge is 2.17. The molecule has 0 aliphatic carbocycles. The van der Waals surface area contributed by atoms with Gasteiger partial charge >= 0.3 is 0 Å². The van der Waals surface area contributed by atoms with Crippen molar-refractivity contribution in [3.8, 4) is 11.4 Å². The molecule has 0 saturated carbocycles. The smallest absolute Gasteiger partial charge is 0.230 e. The van der Waals surface area contributed by atoms with Gasteiger partial charge in [0.05, 0.1) is 17.4 Å². The Kier molecular flexibility index (Phi) is 5.70. The number of amides is 1. The van der Waals surface area contributed by atoms with Crippen molar-refractivity contribution in [2.24, 2.45) is 0 Å². The van der Waals surface area contributed by atoms with E-state index in [0.717, 1.165) is 22.0 Å². The number of nitrogen functional groups attached to an aromatic ring is 1. The molecule has 0 fully saturated rings. The molecule has 3 rings (SSSR count). The van der Waals surface area contributed by atoms with Crippen molar-refractivity contribution in [3.05, 3.63) is 65.7 Å². The lowest BCUT2D eigenvalue weighted by Gasteiger charge is -2.14. The van der Waals surface area contributed by atoms with E-state index < -0.39 is 5.82 Å². The fraction of sp³-hybridized carbons (Fsp3) is 0.167. The van der Waals surface area contributed by atoms with Gasteiger partial charge in [0.15, 0.2) is 5.82 Å². The van der Waals surface area contributed by atoms with Gasteiger partial charge in [-0.1, -0.05) is 36.0 Å². The van der Waals surface area contributed by atoms with Crippen LogP contribution < -0.4 is 11.2 Å². The second-order valence-corrected chi connectivity index (χ2v) is 6.73. The zero-order chi connectivity index (χ0) is 19.4. The van der Waals surface area contributed by atoms with Gasteiger partial charge in [-0.25, -0.2) is 13.5 Å². The highest BCUT2D eigenvalue weighted by molar-refractivity contribution is 7.99. The van der Waals surface area contributed by atoms with Gasteiger partial charge in [-0.15, -0.1) is 10.2 Å². The van der Waals surface area contributed by atoms with Crippen molar-refractivity contribution in [2.75, 3.05) is 11.6 Å². The topological polar surface area (TPSA) is 85.8 Å². The second-order valence-electron chi connectivity index (χ2n) is 5.79. The highest BCUT2D eigenvalue weighted by Crippen LogP contribution is 2.23. The van der Waals surface area contributed by atoms with E-state index in [1.807, 2.05) is 0 Å². The third-order valence-corrected chi connectivity index (χ3v) is 4.80. The van der Waals surface area contributed by atoms with Crippen LogP contribution in [0.5, 0.6) is 0 Å². The second kappa shape index (κ2) is 8.17. The Bertz CT molecular complexity index is 945. The molecule has 1 heterocycles. The zero-order valence-corrected chi connectivity index (χ0v) is 15.2. The van der Waals surface area contributed by atoms with Crippen molar-refractivity contribution < 1.29 is 13.6 Å². The van der Waals surface area contributed by atoms with E-state index in [9.17, 15) is 13.6 Å². The Labute approximate surface area is 158 Å². The van der Waals surface area contributed by atoms with E-state index >= 15 is 0 Å². The summed E-state index contributed by atoms with van der Waals surface area (Å²) in [5.41, 5.74) is 1.02. The molecule has 1 amide bonds. The molecule has 0 aliphatic rings. The fourth-order valence-corrected chi connectivity index (χ4v) is 3.12. The molecule has 140 valence electrons. The Morgan fingerprint density at radius 2 is 1.89 bits per heavy atom. The summed E-state index contributed by atoms with van der Waals surface area (Å²) >= 11 is 1.09. The predicted octanol–water partition coefficient (Wildman–Crippen LogP) is 2.91. The van der Waals surface area contributed by atoms with Crippen LogP contribution in [0.1, 0.15) is 18.5 Å². The van der Waals surface area contributed by atoms with E-state index in [-0.39, 0.29) is 40.1 Å². The molecule has 0 spiro atoms. The molecule has 27 heavy (non-hydrogen) atoms. The SMILES string of the molecule is C[C@H](NC(=O)CSc1nnc(-c2ccccc2F)n1N)c1ccc(F)cc1. The number of nitrogens with two attached hydrogens (primary N) is 1. The quantitative estimate of drug-likeness (QED) is 0.500. The predicted molar refractivity (Wildman–Crippen MR) is 99.2 cm³/mol. The van der Waals surface area contributed by atoms with Gasteiger partial charge in [0.2, 0.25) is 11.1 Å². The Hall–Kier alpha value is -2.94. The van der Waals surface area contributed by atoms with Crippen molar-refractivity contribution in [1.29, 1.82) is 0 Å². The Morgan fingerprint density at radius 1 is 1.19 bits per heavy atom.